The fourth-order valence-corrected chi connectivity index (χ4v) is 4.93. The van der Waals surface area contributed by atoms with Crippen molar-refractivity contribution in [1.82, 2.24) is 4.57 Å². The first-order valence-electron chi connectivity index (χ1n) is 9.40. The van der Waals surface area contributed by atoms with Gasteiger partial charge in [0.1, 0.15) is 0 Å². The van der Waals surface area contributed by atoms with Crippen molar-refractivity contribution < 1.29 is 34.1 Å². The molecule has 0 radical (unpaired) electrons. The number of carbonyl (C=O) groups excluding carboxylic acids is 2. The molecule has 0 saturated heterocycles. The van der Waals surface area contributed by atoms with E-state index in [2.05, 4.69) is 15.9 Å². The highest BCUT2D eigenvalue weighted by Gasteiger charge is 2.56. The zero-order valence-corrected chi connectivity index (χ0v) is 18.0. The number of carboxylic acids is 2. The van der Waals surface area contributed by atoms with Gasteiger partial charge in [-0.25, -0.2) is 4.79 Å². The third-order valence-electron chi connectivity index (χ3n) is 5.35. The molecule has 0 atom stereocenters. The van der Waals surface area contributed by atoms with E-state index in [4.69, 9.17) is 4.74 Å². The number of aromatic nitrogens is 1. The molecule has 1 aromatic heterocycles. The van der Waals surface area contributed by atoms with E-state index in [1.807, 2.05) is 0 Å². The highest BCUT2D eigenvalue weighted by molar-refractivity contribution is 9.10. The van der Waals surface area contributed by atoms with Crippen molar-refractivity contribution in [2.45, 2.75) is 38.6 Å². The molecule has 0 bridgehead atoms. The Morgan fingerprint density at radius 1 is 1.13 bits per heavy atom. The summed E-state index contributed by atoms with van der Waals surface area (Å²) in [5.74, 6) is -3.92. The third-order valence-corrected chi connectivity index (χ3v) is 6.20. The van der Waals surface area contributed by atoms with Gasteiger partial charge in [-0.1, -0.05) is 19.1 Å². The summed E-state index contributed by atoms with van der Waals surface area (Å²) < 4.78 is 6.77. The van der Waals surface area contributed by atoms with Crippen LogP contribution in [-0.2, 0) is 32.7 Å². The highest BCUT2D eigenvalue weighted by atomic mass is 79.9. The third kappa shape index (κ3) is 3.13. The SMILES string of the molecule is CCOC(=O)c1cccc(C(=O)c2c(CC)c(Br)c3n2CCC3(C(=O)O)C(=O)O)c1. The van der Waals surface area contributed by atoms with E-state index in [1.165, 1.54) is 16.7 Å². The van der Waals surface area contributed by atoms with Gasteiger partial charge in [0.25, 0.3) is 0 Å². The maximum Gasteiger partial charge on any atom is 0.338 e. The second kappa shape index (κ2) is 8.06. The molecule has 1 aliphatic rings. The zero-order valence-electron chi connectivity index (χ0n) is 16.4. The monoisotopic (exact) mass is 477 g/mol. The summed E-state index contributed by atoms with van der Waals surface area (Å²) in [6.45, 7) is 3.75. The van der Waals surface area contributed by atoms with Crippen LogP contribution in [0.1, 0.15) is 57.9 Å². The van der Waals surface area contributed by atoms with Gasteiger partial charge in [0, 0.05) is 16.6 Å². The smallest absolute Gasteiger partial charge is 0.338 e. The van der Waals surface area contributed by atoms with E-state index in [-0.39, 0.29) is 42.1 Å². The molecule has 9 heteroatoms. The molecular weight excluding hydrogens is 458 g/mol. The summed E-state index contributed by atoms with van der Waals surface area (Å²) >= 11 is 3.35. The molecule has 0 saturated carbocycles. The number of rotatable bonds is 7. The summed E-state index contributed by atoms with van der Waals surface area (Å²) in [5.41, 5.74) is -0.865. The Bertz CT molecular complexity index is 1060. The summed E-state index contributed by atoms with van der Waals surface area (Å²) in [5, 5.41) is 19.5. The van der Waals surface area contributed by atoms with Crippen LogP contribution < -0.4 is 0 Å². The van der Waals surface area contributed by atoms with Gasteiger partial charge in [-0.05, 0) is 53.4 Å². The molecule has 2 aromatic rings. The van der Waals surface area contributed by atoms with Crippen molar-refractivity contribution in [2.24, 2.45) is 0 Å². The van der Waals surface area contributed by atoms with Crippen LogP contribution in [0.2, 0.25) is 0 Å². The highest BCUT2D eigenvalue weighted by Crippen LogP contribution is 2.45. The minimum absolute atomic E-state index is 0.0595. The average molecular weight is 478 g/mol. The van der Waals surface area contributed by atoms with Crippen LogP contribution in [0.5, 0.6) is 0 Å². The molecule has 0 amide bonds. The molecule has 2 N–H and O–H groups in total. The molecule has 1 aliphatic heterocycles. The molecule has 1 aromatic carbocycles. The van der Waals surface area contributed by atoms with Gasteiger partial charge in [0.2, 0.25) is 11.2 Å². The van der Waals surface area contributed by atoms with Crippen molar-refractivity contribution in [3.63, 3.8) is 0 Å². The van der Waals surface area contributed by atoms with Gasteiger partial charge in [-0.15, -0.1) is 0 Å². The van der Waals surface area contributed by atoms with Crippen LogP contribution >= 0.6 is 15.9 Å². The van der Waals surface area contributed by atoms with E-state index in [1.54, 1.807) is 26.0 Å². The average Bonchev–Trinajstić information content (AvgIpc) is 3.24. The maximum absolute atomic E-state index is 13.4. The molecule has 8 nitrogen and oxygen atoms in total. The number of ketones is 1. The van der Waals surface area contributed by atoms with Crippen LogP contribution in [0.3, 0.4) is 0 Å². The van der Waals surface area contributed by atoms with Crippen LogP contribution in [0.25, 0.3) is 0 Å². The van der Waals surface area contributed by atoms with Gasteiger partial charge in [-0.2, -0.15) is 0 Å². The summed E-state index contributed by atoms with van der Waals surface area (Å²) in [6, 6.07) is 6.07. The van der Waals surface area contributed by atoms with Gasteiger partial charge in [-0.3, -0.25) is 14.4 Å². The second-order valence-corrected chi connectivity index (χ2v) is 7.68. The van der Waals surface area contributed by atoms with Crippen molar-refractivity contribution in [3.05, 3.63) is 56.8 Å². The number of esters is 1. The van der Waals surface area contributed by atoms with E-state index in [0.717, 1.165) is 0 Å². The number of aliphatic carboxylic acids is 2. The molecule has 0 aliphatic carbocycles. The number of fused-ring (bicyclic) bond motifs is 1. The molecule has 3 rings (SSSR count). The number of hydrogen-bond acceptors (Lipinski definition) is 5. The Balaban J connectivity index is 2.18. The number of benzene rings is 1. The van der Waals surface area contributed by atoms with E-state index in [9.17, 15) is 29.4 Å². The van der Waals surface area contributed by atoms with Gasteiger partial charge < -0.3 is 19.5 Å². The normalized spacial score (nSPS) is 14.2. The van der Waals surface area contributed by atoms with Crippen molar-refractivity contribution >= 4 is 39.6 Å². The first-order valence-corrected chi connectivity index (χ1v) is 10.2. The first kappa shape index (κ1) is 21.8. The van der Waals surface area contributed by atoms with E-state index < -0.39 is 29.1 Å². The maximum atomic E-state index is 13.4. The van der Waals surface area contributed by atoms with Crippen LogP contribution in [0.4, 0.5) is 0 Å². The van der Waals surface area contributed by atoms with Crippen LogP contribution in [0.15, 0.2) is 28.7 Å². The second-order valence-electron chi connectivity index (χ2n) is 6.89. The van der Waals surface area contributed by atoms with Gasteiger partial charge in [0.05, 0.1) is 23.6 Å². The van der Waals surface area contributed by atoms with Gasteiger partial charge in [0.15, 0.2) is 0 Å². The lowest BCUT2D eigenvalue weighted by molar-refractivity contribution is -0.157. The fraction of sp³-hybridized carbons (Fsp3) is 0.333. The summed E-state index contributed by atoms with van der Waals surface area (Å²) in [6.07, 6.45) is 0.216. The lowest BCUT2D eigenvalue weighted by atomic mass is 9.83. The summed E-state index contributed by atoms with van der Waals surface area (Å²) in [4.78, 5) is 49.3. The molecule has 2 heterocycles. The van der Waals surface area contributed by atoms with Crippen molar-refractivity contribution in [3.8, 4) is 0 Å². The zero-order chi connectivity index (χ0) is 22.2. The Labute approximate surface area is 180 Å². The minimum atomic E-state index is -2.13. The minimum Gasteiger partial charge on any atom is -0.480 e. The standard InChI is InChI=1S/C21H20BrNO7/c1-3-13-14(22)17-21(19(26)27,20(28)29)8-9-23(17)15(13)16(24)11-6-5-7-12(10-11)18(25)30-4-2/h5-7,10H,3-4,8-9H2,1-2H3,(H,26,27)(H,28,29). The lowest BCUT2D eigenvalue weighted by Gasteiger charge is -2.19. The molecule has 0 unspecified atom stereocenters. The molecule has 158 valence electrons. The van der Waals surface area contributed by atoms with Crippen LogP contribution in [-0.4, -0.2) is 45.1 Å². The quantitative estimate of drug-likeness (QED) is 0.356. The van der Waals surface area contributed by atoms with Crippen molar-refractivity contribution in [2.75, 3.05) is 6.61 Å². The van der Waals surface area contributed by atoms with Crippen LogP contribution in [0, 0.1) is 0 Å². The predicted molar refractivity (Wildman–Crippen MR) is 109 cm³/mol. The van der Waals surface area contributed by atoms with Gasteiger partial charge >= 0.3 is 17.9 Å². The molecular formula is C21H20BrNO7. The Morgan fingerprint density at radius 3 is 2.33 bits per heavy atom. The van der Waals surface area contributed by atoms with Crippen molar-refractivity contribution in [1.29, 1.82) is 0 Å². The number of halogens is 1. The number of hydrogen-bond donors (Lipinski definition) is 2. The number of carboxylic acid groups (broad SMARTS) is 2. The largest absolute Gasteiger partial charge is 0.480 e. The Morgan fingerprint density at radius 2 is 1.77 bits per heavy atom. The fourth-order valence-electron chi connectivity index (χ4n) is 3.91. The Hall–Kier alpha value is -2.94. The number of nitrogens with zero attached hydrogens (tertiary/aromatic N) is 1. The lowest BCUT2D eigenvalue weighted by Crippen LogP contribution is -2.42. The topological polar surface area (TPSA) is 123 Å². The first-order chi connectivity index (χ1) is 14.2. The molecule has 0 spiro atoms. The van der Waals surface area contributed by atoms with E-state index in [0.29, 0.717) is 16.5 Å². The molecule has 0 fully saturated rings. The predicted octanol–water partition coefficient (Wildman–Crippen LogP) is 3.03. The Kier molecular flexibility index (Phi) is 5.85. The number of ether oxygens (including phenoxy) is 1. The molecule has 30 heavy (non-hydrogen) atoms. The summed E-state index contributed by atoms with van der Waals surface area (Å²) in [7, 11) is 0. The number of carbonyl (C=O) groups is 4. The van der Waals surface area contributed by atoms with E-state index >= 15 is 0 Å².